The van der Waals surface area contributed by atoms with E-state index in [-0.39, 0.29) is 12.2 Å². The second kappa shape index (κ2) is 7.81. The number of nitrogens with two attached hydrogens (primary N) is 1. The van der Waals surface area contributed by atoms with E-state index >= 15 is 0 Å². The maximum atomic E-state index is 14.0. The monoisotopic (exact) mass is 397 g/mol. The van der Waals surface area contributed by atoms with Crippen molar-refractivity contribution >= 4 is 28.6 Å². The highest BCUT2D eigenvalue weighted by Gasteiger charge is 2.17. The van der Waals surface area contributed by atoms with Gasteiger partial charge in [0.05, 0.1) is 11.8 Å². The van der Waals surface area contributed by atoms with E-state index in [2.05, 4.69) is 15.2 Å². The van der Waals surface area contributed by atoms with E-state index in [9.17, 15) is 9.18 Å². The van der Waals surface area contributed by atoms with Crippen molar-refractivity contribution in [2.45, 2.75) is 23.9 Å². The van der Waals surface area contributed by atoms with Crippen LogP contribution in [0.2, 0.25) is 0 Å². The topological polar surface area (TPSA) is 99.8 Å². The SMILES string of the molecule is NC(=O)CCn1c(SCc2cc(F)cc3cccnc23)nnc1-c1ccco1. The number of carbonyl (C=O) groups is 1. The second-order valence-corrected chi connectivity index (χ2v) is 7.02. The van der Waals surface area contributed by atoms with E-state index in [4.69, 9.17) is 10.2 Å². The van der Waals surface area contributed by atoms with Crippen LogP contribution in [0.5, 0.6) is 0 Å². The number of hydrogen-bond acceptors (Lipinski definition) is 6. The molecule has 0 saturated carbocycles. The third-order valence-electron chi connectivity index (χ3n) is 4.15. The van der Waals surface area contributed by atoms with Crippen LogP contribution in [-0.2, 0) is 17.1 Å². The molecule has 142 valence electrons. The second-order valence-electron chi connectivity index (χ2n) is 6.08. The lowest BCUT2D eigenvalue weighted by molar-refractivity contribution is -0.118. The Labute approximate surface area is 163 Å². The average Bonchev–Trinajstić information content (AvgIpc) is 3.33. The van der Waals surface area contributed by atoms with E-state index in [1.165, 1.54) is 23.9 Å². The van der Waals surface area contributed by atoms with Gasteiger partial charge in [-0.1, -0.05) is 17.8 Å². The number of hydrogen-bond donors (Lipinski definition) is 1. The van der Waals surface area contributed by atoms with E-state index in [0.717, 1.165) is 16.5 Å². The van der Waals surface area contributed by atoms with Gasteiger partial charge in [-0.2, -0.15) is 0 Å². The van der Waals surface area contributed by atoms with Crippen LogP contribution in [0.15, 0.2) is 58.4 Å². The highest BCUT2D eigenvalue weighted by molar-refractivity contribution is 7.98. The number of amides is 1. The van der Waals surface area contributed by atoms with Gasteiger partial charge in [0, 0.05) is 30.3 Å². The molecular formula is C19H16FN5O2S. The van der Waals surface area contributed by atoms with Gasteiger partial charge in [0.1, 0.15) is 5.82 Å². The quantitative estimate of drug-likeness (QED) is 0.480. The van der Waals surface area contributed by atoms with Crippen LogP contribution in [0.1, 0.15) is 12.0 Å². The first-order valence-electron chi connectivity index (χ1n) is 8.53. The Balaban J connectivity index is 1.64. The zero-order chi connectivity index (χ0) is 19.5. The molecular weight excluding hydrogens is 381 g/mol. The van der Waals surface area contributed by atoms with Gasteiger partial charge in [-0.15, -0.1) is 10.2 Å². The molecule has 0 aliphatic heterocycles. The molecule has 1 amide bonds. The lowest BCUT2D eigenvalue weighted by Crippen LogP contribution is -2.15. The highest BCUT2D eigenvalue weighted by Crippen LogP contribution is 2.29. The molecule has 0 unspecified atom stereocenters. The number of fused-ring (bicyclic) bond motifs is 1. The zero-order valence-electron chi connectivity index (χ0n) is 14.7. The van der Waals surface area contributed by atoms with E-state index in [1.807, 2.05) is 6.07 Å². The molecule has 7 nitrogen and oxygen atoms in total. The summed E-state index contributed by atoms with van der Waals surface area (Å²) in [6.45, 7) is 0.322. The summed E-state index contributed by atoms with van der Waals surface area (Å²) in [5.74, 6) is 0.758. The molecule has 4 rings (SSSR count). The number of carbonyl (C=O) groups excluding carboxylic acids is 1. The van der Waals surface area contributed by atoms with Crippen molar-refractivity contribution in [1.29, 1.82) is 0 Å². The molecule has 4 aromatic rings. The molecule has 28 heavy (non-hydrogen) atoms. The Morgan fingerprint density at radius 3 is 2.93 bits per heavy atom. The lowest BCUT2D eigenvalue weighted by Gasteiger charge is -2.09. The van der Waals surface area contributed by atoms with Gasteiger partial charge in [-0.3, -0.25) is 14.3 Å². The maximum absolute atomic E-state index is 14.0. The van der Waals surface area contributed by atoms with Crippen LogP contribution < -0.4 is 5.73 Å². The van der Waals surface area contributed by atoms with E-state index in [1.54, 1.807) is 35.2 Å². The summed E-state index contributed by atoms with van der Waals surface area (Å²) in [6.07, 6.45) is 3.36. The Hall–Kier alpha value is -3.20. The Morgan fingerprint density at radius 1 is 1.25 bits per heavy atom. The first-order valence-corrected chi connectivity index (χ1v) is 9.51. The van der Waals surface area contributed by atoms with E-state index < -0.39 is 5.91 Å². The highest BCUT2D eigenvalue weighted by atomic mass is 32.2. The number of thioether (sulfide) groups is 1. The fourth-order valence-corrected chi connectivity index (χ4v) is 3.82. The summed E-state index contributed by atoms with van der Waals surface area (Å²) in [6, 6.07) is 10.0. The molecule has 0 atom stereocenters. The zero-order valence-corrected chi connectivity index (χ0v) is 15.5. The molecule has 0 fully saturated rings. The van der Waals surface area contributed by atoms with Gasteiger partial charge in [0.15, 0.2) is 16.7 Å². The van der Waals surface area contributed by atoms with Crippen LogP contribution in [-0.4, -0.2) is 25.7 Å². The summed E-state index contributed by atoms with van der Waals surface area (Å²) in [5, 5.41) is 9.73. The van der Waals surface area contributed by atoms with Gasteiger partial charge in [-0.25, -0.2) is 4.39 Å². The number of furan rings is 1. The predicted octanol–water partition coefficient (Wildman–Crippen LogP) is 3.39. The maximum Gasteiger partial charge on any atom is 0.219 e. The summed E-state index contributed by atoms with van der Waals surface area (Å²) in [7, 11) is 0. The number of rotatable bonds is 7. The number of halogens is 1. The van der Waals surface area contributed by atoms with Crippen molar-refractivity contribution in [1.82, 2.24) is 19.7 Å². The van der Waals surface area contributed by atoms with Crippen molar-refractivity contribution in [3.8, 4) is 11.6 Å². The van der Waals surface area contributed by atoms with Crippen molar-refractivity contribution in [3.63, 3.8) is 0 Å². The van der Waals surface area contributed by atoms with Crippen LogP contribution in [0.3, 0.4) is 0 Å². The number of pyridine rings is 1. The molecule has 9 heteroatoms. The molecule has 0 bridgehead atoms. The van der Waals surface area contributed by atoms with Gasteiger partial charge >= 0.3 is 0 Å². The molecule has 2 N–H and O–H groups in total. The molecule has 0 saturated heterocycles. The van der Waals surface area contributed by atoms with Crippen molar-refractivity contribution in [2.24, 2.45) is 5.73 Å². The molecule has 0 spiro atoms. The molecule has 0 aliphatic carbocycles. The molecule has 3 aromatic heterocycles. The van der Waals surface area contributed by atoms with Gasteiger partial charge in [0.25, 0.3) is 0 Å². The van der Waals surface area contributed by atoms with Crippen molar-refractivity contribution in [2.75, 3.05) is 0 Å². The van der Waals surface area contributed by atoms with Crippen LogP contribution in [0, 0.1) is 5.82 Å². The predicted molar refractivity (Wildman–Crippen MR) is 103 cm³/mol. The largest absolute Gasteiger partial charge is 0.461 e. The molecule has 3 heterocycles. The van der Waals surface area contributed by atoms with Crippen LogP contribution in [0.4, 0.5) is 4.39 Å². The summed E-state index contributed by atoms with van der Waals surface area (Å²) in [5.41, 5.74) is 6.79. The van der Waals surface area contributed by atoms with Gasteiger partial charge in [-0.05, 0) is 35.9 Å². The summed E-state index contributed by atoms with van der Waals surface area (Å²) in [4.78, 5) is 15.6. The first kappa shape index (κ1) is 18.2. The fraction of sp³-hybridized carbons (Fsp3) is 0.158. The summed E-state index contributed by atoms with van der Waals surface area (Å²) < 4.78 is 21.2. The van der Waals surface area contributed by atoms with Crippen molar-refractivity contribution < 1.29 is 13.6 Å². The Kier molecular flexibility index (Phi) is 5.07. The third-order valence-corrected chi connectivity index (χ3v) is 5.16. The summed E-state index contributed by atoms with van der Waals surface area (Å²) >= 11 is 1.38. The minimum Gasteiger partial charge on any atom is -0.461 e. The first-order chi connectivity index (χ1) is 13.6. The minimum atomic E-state index is -0.421. The van der Waals surface area contributed by atoms with Crippen LogP contribution in [0.25, 0.3) is 22.5 Å². The third kappa shape index (κ3) is 3.74. The van der Waals surface area contributed by atoms with Crippen LogP contribution >= 0.6 is 11.8 Å². The van der Waals surface area contributed by atoms with E-state index in [0.29, 0.717) is 29.0 Å². The van der Waals surface area contributed by atoms with Gasteiger partial charge in [0.2, 0.25) is 5.91 Å². The normalized spacial score (nSPS) is 11.2. The average molecular weight is 397 g/mol. The number of nitrogens with zero attached hydrogens (tertiary/aromatic N) is 4. The smallest absolute Gasteiger partial charge is 0.219 e. The number of aromatic nitrogens is 4. The minimum absolute atomic E-state index is 0.143. The van der Waals surface area contributed by atoms with Crippen molar-refractivity contribution in [3.05, 3.63) is 60.2 Å². The Bertz CT molecular complexity index is 1130. The van der Waals surface area contributed by atoms with Gasteiger partial charge < -0.3 is 10.2 Å². The number of primary amides is 1. The standard InChI is InChI=1S/C19H16FN5O2S/c20-14-9-12-3-1-6-22-17(12)13(10-14)11-28-19-24-23-18(15-4-2-8-27-15)25(19)7-5-16(21)26/h1-4,6,8-10H,5,7,11H2,(H2,21,26). The molecule has 1 aromatic carbocycles. The molecule has 0 aliphatic rings. The fourth-order valence-electron chi connectivity index (χ4n) is 2.89. The molecule has 0 radical (unpaired) electrons. The lowest BCUT2D eigenvalue weighted by atomic mass is 10.1. The number of benzene rings is 1. The Morgan fingerprint density at radius 2 is 2.14 bits per heavy atom.